The fourth-order valence-corrected chi connectivity index (χ4v) is 4.26. The van der Waals surface area contributed by atoms with Crippen LogP contribution in [0.5, 0.6) is 0 Å². The van der Waals surface area contributed by atoms with Crippen LogP contribution in [-0.2, 0) is 0 Å². The van der Waals surface area contributed by atoms with Gasteiger partial charge in [0.2, 0.25) is 0 Å². The predicted octanol–water partition coefficient (Wildman–Crippen LogP) is 2.73. The quantitative estimate of drug-likeness (QED) is 0.878. The van der Waals surface area contributed by atoms with Gasteiger partial charge in [-0.05, 0) is 30.7 Å². The second-order valence-corrected chi connectivity index (χ2v) is 7.12. The maximum absolute atomic E-state index is 13.1. The molecule has 1 aliphatic carbocycles. The van der Waals surface area contributed by atoms with E-state index in [-0.39, 0.29) is 17.7 Å². The molecular formula is C21H22N2O2. The zero-order valence-corrected chi connectivity index (χ0v) is 14.1. The Morgan fingerprint density at radius 2 is 1.56 bits per heavy atom. The summed E-state index contributed by atoms with van der Waals surface area (Å²) in [7, 11) is 0. The van der Waals surface area contributed by atoms with Crippen LogP contribution in [0.4, 0.5) is 0 Å². The van der Waals surface area contributed by atoms with Crippen LogP contribution in [0.3, 0.4) is 0 Å². The minimum atomic E-state index is -0.111. The van der Waals surface area contributed by atoms with Gasteiger partial charge in [-0.3, -0.25) is 9.59 Å². The molecule has 4 heteroatoms. The van der Waals surface area contributed by atoms with Gasteiger partial charge in [-0.25, -0.2) is 0 Å². The molecule has 4 rings (SSSR count). The van der Waals surface area contributed by atoms with Crippen LogP contribution in [0.1, 0.15) is 39.1 Å². The largest absolute Gasteiger partial charge is 0.338 e. The molecule has 128 valence electrons. The van der Waals surface area contributed by atoms with Crippen LogP contribution < -0.4 is 5.73 Å². The number of carbonyl (C=O) groups excluding carboxylic acids is 2. The summed E-state index contributed by atoms with van der Waals surface area (Å²) in [6.45, 7) is 1.46. The van der Waals surface area contributed by atoms with Crippen molar-refractivity contribution in [1.29, 1.82) is 0 Å². The lowest BCUT2D eigenvalue weighted by molar-refractivity contribution is 0.0775. The predicted molar refractivity (Wildman–Crippen MR) is 96.4 cm³/mol. The Morgan fingerprint density at radius 1 is 0.880 bits per heavy atom. The van der Waals surface area contributed by atoms with Gasteiger partial charge in [0, 0.05) is 30.3 Å². The normalized spacial score (nSPS) is 25.0. The molecule has 0 spiro atoms. The van der Waals surface area contributed by atoms with Crippen molar-refractivity contribution in [3.05, 3.63) is 71.3 Å². The number of benzene rings is 2. The van der Waals surface area contributed by atoms with Gasteiger partial charge < -0.3 is 10.6 Å². The number of nitrogens with zero attached hydrogens (tertiary/aromatic N) is 1. The zero-order chi connectivity index (χ0) is 17.4. The minimum absolute atomic E-state index is 0.0542. The molecule has 0 bridgehead atoms. The Hall–Kier alpha value is -2.46. The molecule has 0 aromatic heterocycles. The van der Waals surface area contributed by atoms with Gasteiger partial charge in [-0.15, -0.1) is 0 Å². The number of ketones is 1. The maximum atomic E-state index is 13.1. The van der Waals surface area contributed by atoms with Crippen LogP contribution in [0.15, 0.2) is 54.6 Å². The first-order chi connectivity index (χ1) is 12.1. The number of likely N-dealkylation sites (tertiary alicyclic amines) is 1. The molecule has 0 radical (unpaired) electrons. The Kier molecular flexibility index (Phi) is 4.14. The number of hydrogen-bond donors (Lipinski definition) is 1. The third-order valence-electron chi connectivity index (χ3n) is 5.64. The third kappa shape index (κ3) is 2.87. The molecule has 2 aliphatic rings. The number of fused-ring (bicyclic) bond motifs is 1. The van der Waals surface area contributed by atoms with Crippen molar-refractivity contribution in [3.63, 3.8) is 0 Å². The highest BCUT2D eigenvalue weighted by atomic mass is 16.2. The number of rotatable bonds is 3. The van der Waals surface area contributed by atoms with Gasteiger partial charge >= 0.3 is 0 Å². The van der Waals surface area contributed by atoms with Crippen LogP contribution in [0.2, 0.25) is 0 Å². The molecule has 1 saturated heterocycles. The first kappa shape index (κ1) is 16.0. The van der Waals surface area contributed by atoms with E-state index in [9.17, 15) is 9.59 Å². The van der Waals surface area contributed by atoms with Crippen molar-refractivity contribution in [2.45, 2.75) is 18.9 Å². The van der Waals surface area contributed by atoms with Gasteiger partial charge in [0.1, 0.15) is 0 Å². The molecule has 2 aromatic carbocycles. The summed E-state index contributed by atoms with van der Waals surface area (Å²) in [5.74, 6) is 0.749. The molecule has 1 aliphatic heterocycles. The Balaban J connectivity index is 1.61. The van der Waals surface area contributed by atoms with Crippen molar-refractivity contribution in [2.75, 3.05) is 13.1 Å². The van der Waals surface area contributed by atoms with E-state index in [1.807, 2.05) is 35.2 Å². The first-order valence-electron chi connectivity index (χ1n) is 8.89. The lowest BCUT2D eigenvalue weighted by Crippen LogP contribution is -2.34. The van der Waals surface area contributed by atoms with Gasteiger partial charge in [-0.1, -0.05) is 48.5 Å². The van der Waals surface area contributed by atoms with E-state index in [2.05, 4.69) is 0 Å². The molecule has 25 heavy (non-hydrogen) atoms. The lowest BCUT2D eigenvalue weighted by Gasteiger charge is -2.20. The molecule has 2 fully saturated rings. The molecule has 2 N–H and O–H groups in total. The molecule has 4 nitrogen and oxygen atoms in total. The Morgan fingerprint density at radius 3 is 2.28 bits per heavy atom. The van der Waals surface area contributed by atoms with Crippen molar-refractivity contribution in [1.82, 2.24) is 4.90 Å². The molecular weight excluding hydrogens is 312 g/mol. The molecule has 3 unspecified atom stereocenters. The summed E-state index contributed by atoms with van der Waals surface area (Å²) in [6, 6.07) is 16.4. The first-order valence-corrected chi connectivity index (χ1v) is 8.89. The van der Waals surface area contributed by atoms with E-state index in [1.54, 1.807) is 24.3 Å². The summed E-state index contributed by atoms with van der Waals surface area (Å²) in [5, 5.41) is 0. The average Bonchev–Trinajstić information content (AvgIpc) is 3.23. The Bertz CT molecular complexity index is 803. The average molecular weight is 334 g/mol. The third-order valence-corrected chi connectivity index (χ3v) is 5.64. The minimum Gasteiger partial charge on any atom is -0.338 e. The second-order valence-electron chi connectivity index (χ2n) is 7.12. The number of amides is 1. The van der Waals surface area contributed by atoms with E-state index in [0.717, 1.165) is 19.4 Å². The lowest BCUT2D eigenvalue weighted by atomic mass is 9.97. The number of hydrogen-bond acceptors (Lipinski definition) is 3. The summed E-state index contributed by atoms with van der Waals surface area (Å²) < 4.78 is 0. The molecule has 3 atom stereocenters. The molecule has 1 heterocycles. The standard InChI is InChI=1S/C21H22N2O2/c22-19-11-10-15-12-23(13-18(15)19)21(25)17-9-5-4-8-16(17)20(24)14-6-2-1-3-7-14/h1-9,15,18-19H,10-13,22H2. The highest BCUT2D eigenvalue weighted by Gasteiger charge is 2.42. The summed E-state index contributed by atoms with van der Waals surface area (Å²) in [6.07, 6.45) is 2.15. The molecule has 1 saturated carbocycles. The fraction of sp³-hybridized carbons (Fsp3) is 0.333. The van der Waals surface area contributed by atoms with Gasteiger partial charge in [0.25, 0.3) is 5.91 Å². The van der Waals surface area contributed by atoms with E-state index < -0.39 is 0 Å². The maximum Gasteiger partial charge on any atom is 0.254 e. The van der Waals surface area contributed by atoms with E-state index in [1.165, 1.54) is 0 Å². The van der Waals surface area contributed by atoms with E-state index in [0.29, 0.717) is 35.1 Å². The van der Waals surface area contributed by atoms with Crippen LogP contribution in [-0.4, -0.2) is 35.7 Å². The van der Waals surface area contributed by atoms with Crippen molar-refractivity contribution < 1.29 is 9.59 Å². The van der Waals surface area contributed by atoms with E-state index >= 15 is 0 Å². The smallest absolute Gasteiger partial charge is 0.254 e. The van der Waals surface area contributed by atoms with E-state index in [4.69, 9.17) is 5.73 Å². The second kappa shape index (κ2) is 6.45. The zero-order valence-electron chi connectivity index (χ0n) is 14.1. The Labute approximate surface area is 147 Å². The fourth-order valence-electron chi connectivity index (χ4n) is 4.26. The van der Waals surface area contributed by atoms with Gasteiger partial charge in [-0.2, -0.15) is 0 Å². The molecule has 1 amide bonds. The number of nitrogens with two attached hydrogens (primary N) is 1. The van der Waals surface area contributed by atoms with Crippen LogP contribution in [0.25, 0.3) is 0 Å². The van der Waals surface area contributed by atoms with Crippen LogP contribution in [0, 0.1) is 11.8 Å². The summed E-state index contributed by atoms with van der Waals surface area (Å²) >= 11 is 0. The highest BCUT2D eigenvalue weighted by molar-refractivity contribution is 6.15. The van der Waals surface area contributed by atoms with Crippen molar-refractivity contribution in [3.8, 4) is 0 Å². The highest BCUT2D eigenvalue weighted by Crippen LogP contribution is 2.37. The summed E-state index contributed by atoms with van der Waals surface area (Å²) in [5.41, 5.74) is 7.75. The van der Waals surface area contributed by atoms with Crippen molar-refractivity contribution >= 4 is 11.7 Å². The summed E-state index contributed by atoms with van der Waals surface area (Å²) in [4.78, 5) is 27.8. The SMILES string of the molecule is NC1CCC2CN(C(=O)c3ccccc3C(=O)c3ccccc3)CC12. The van der Waals surface area contributed by atoms with Crippen LogP contribution >= 0.6 is 0 Å². The topological polar surface area (TPSA) is 63.4 Å². The van der Waals surface area contributed by atoms with Gasteiger partial charge in [0.05, 0.1) is 5.56 Å². The monoisotopic (exact) mass is 334 g/mol. The van der Waals surface area contributed by atoms with Gasteiger partial charge in [0.15, 0.2) is 5.78 Å². The molecule has 2 aromatic rings. The number of carbonyl (C=O) groups is 2. The van der Waals surface area contributed by atoms with Crippen molar-refractivity contribution in [2.24, 2.45) is 17.6 Å².